The van der Waals surface area contributed by atoms with Gasteiger partial charge in [-0.15, -0.1) is 0 Å². The molecule has 1 amide bonds. The van der Waals surface area contributed by atoms with Gasteiger partial charge in [-0.2, -0.15) is 4.31 Å². The highest BCUT2D eigenvalue weighted by atomic mass is 35.5. The number of carbonyl (C=O) groups is 1. The molecule has 1 heterocycles. The summed E-state index contributed by atoms with van der Waals surface area (Å²) in [5.41, 5.74) is 2.81. The van der Waals surface area contributed by atoms with Crippen LogP contribution in [0.2, 0.25) is 5.02 Å². The van der Waals surface area contributed by atoms with Crippen LogP contribution in [0.15, 0.2) is 77.7 Å². The van der Waals surface area contributed by atoms with Gasteiger partial charge in [-0.3, -0.25) is 4.79 Å². The first-order valence-electron chi connectivity index (χ1n) is 12.2. The van der Waals surface area contributed by atoms with Crippen LogP contribution < -0.4 is 9.64 Å². The van der Waals surface area contributed by atoms with Gasteiger partial charge in [0.1, 0.15) is 10.6 Å². The third-order valence-electron chi connectivity index (χ3n) is 6.55. The van der Waals surface area contributed by atoms with Crippen LogP contribution in [0.5, 0.6) is 5.75 Å². The van der Waals surface area contributed by atoms with Crippen molar-refractivity contribution in [1.29, 1.82) is 0 Å². The maximum atomic E-state index is 13.8. The summed E-state index contributed by atoms with van der Waals surface area (Å²) in [7, 11) is -2.55. The number of benzene rings is 3. The van der Waals surface area contributed by atoms with Gasteiger partial charge in [-0.25, -0.2) is 8.42 Å². The highest BCUT2D eigenvalue weighted by Gasteiger charge is 2.32. The van der Waals surface area contributed by atoms with Gasteiger partial charge in [0.05, 0.1) is 13.7 Å². The van der Waals surface area contributed by atoms with Gasteiger partial charge in [0.15, 0.2) is 0 Å². The van der Waals surface area contributed by atoms with Crippen LogP contribution in [0, 0.1) is 6.92 Å². The molecule has 1 aliphatic heterocycles. The number of hydrogen-bond donors (Lipinski definition) is 0. The number of ether oxygens (including phenoxy) is 1. The lowest BCUT2D eigenvalue weighted by atomic mass is 10.1. The average Bonchev–Trinajstić information content (AvgIpc) is 2.91. The number of nitrogens with zero attached hydrogens (tertiary/aromatic N) is 3. The summed E-state index contributed by atoms with van der Waals surface area (Å²) >= 11 is 6.14. The van der Waals surface area contributed by atoms with E-state index in [1.807, 2.05) is 61.5 Å². The molecular formula is C28H32ClN3O4S. The molecule has 0 bridgehead atoms. The molecule has 0 N–H and O–H groups in total. The van der Waals surface area contributed by atoms with Crippen LogP contribution in [-0.2, 0) is 21.2 Å². The molecule has 3 aromatic rings. The zero-order valence-electron chi connectivity index (χ0n) is 21.1. The second kappa shape index (κ2) is 12.0. The topological polar surface area (TPSA) is 70.2 Å². The lowest BCUT2D eigenvalue weighted by molar-refractivity contribution is -0.131. The summed E-state index contributed by atoms with van der Waals surface area (Å²) < 4.78 is 34.3. The van der Waals surface area contributed by atoms with E-state index in [-0.39, 0.29) is 29.6 Å². The van der Waals surface area contributed by atoms with E-state index >= 15 is 0 Å². The van der Waals surface area contributed by atoms with Crippen molar-refractivity contribution >= 4 is 33.2 Å². The molecule has 9 heteroatoms. The molecule has 4 rings (SSSR count). The lowest BCUT2D eigenvalue weighted by Crippen LogP contribution is -2.52. The van der Waals surface area contributed by atoms with Crippen molar-refractivity contribution in [2.45, 2.75) is 18.2 Å². The molecule has 0 radical (unpaired) electrons. The lowest BCUT2D eigenvalue weighted by Gasteiger charge is -2.37. The van der Waals surface area contributed by atoms with Gasteiger partial charge in [0.2, 0.25) is 15.9 Å². The van der Waals surface area contributed by atoms with E-state index in [1.165, 1.54) is 11.4 Å². The number of amides is 1. The standard InChI is InChI=1S/C28H32ClN3O4S/c1-22-11-12-26(36-2)27(19-22)37(34,35)32(14-13-23-7-4-3-5-8-23)21-28(33)31-17-15-30(16-18-31)25-10-6-9-24(29)20-25/h3-12,19-20H,13-18,21H2,1-2H3. The van der Waals surface area contributed by atoms with E-state index in [4.69, 9.17) is 16.3 Å². The molecule has 0 spiro atoms. The normalized spacial score (nSPS) is 14.2. The summed E-state index contributed by atoms with van der Waals surface area (Å²) in [6, 6.07) is 22.4. The Balaban J connectivity index is 1.51. The molecule has 37 heavy (non-hydrogen) atoms. The molecule has 3 aromatic carbocycles. The third-order valence-corrected chi connectivity index (χ3v) is 8.65. The Morgan fingerprint density at radius 1 is 0.973 bits per heavy atom. The van der Waals surface area contributed by atoms with E-state index in [1.54, 1.807) is 23.1 Å². The molecule has 0 unspecified atom stereocenters. The highest BCUT2D eigenvalue weighted by Crippen LogP contribution is 2.28. The Labute approximate surface area is 224 Å². The zero-order valence-corrected chi connectivity index (χ0v) is 22.7. The van der Waals surface area contributed by atoms with Crippen molar-refractivity contribution in [3.05, 3.63) is 88.9 Å². The minimum Gasteiger partial charge on any atom is -0.495 e. The first kappa shape index (κ1) is 27.0. The average molecular weight is 542 g/mol. The molecule has 196 valence electrons. The van der Waals surface area contributed by atoms with E-state index in [9.17, 15) is 13.2 Å². The molecule has 0 saturated carbocycles. The van der Waals surface area contributed by atoms with Gasteiger partial charge in [-0.1, -0.05) is 54.1 Å². The van der Waals surface area contributed by atoms with Gasteiger partial charge < -0.3 is 14.5 Å². The van der Waals surface area contributed by atoms with Crippen LogP contribution in [0.25, 0.3) is 0 Å². The monoisotopic (exact) mass is 541 g/mol. The molecule has 1 fully saturated rings. The number of rotatable bonds is 9. The number of methoxy groups -OCH3 is 1. The fourth-order valence-corrected chi connectivity index (χ4v) is 6.26. The fourth-order valence-electron chi connectivity index (χ4n) is 4.45. The largest absolute Gasteiger partial charge is 0.495 e. The van der Waals surface area contributed by atoms with E-state index in [0.29, 0.717) is 37.6 Å². The quantitative estimate of drug-likeness (QED) is 0.405. The van der Waals surface area contributed by atoms with Gasteiger partial charge in [0, 0.05) is 43.4 Å². The summed E-state index contributed by atoms with van der Waals surface area (Å²) in [5, 5.41) is 0.668. The molecule has 0 aliphatic carbocycles. The summed E-state index contributed by atoms with van der Waals surface area (Å²) in [6.45, 7) is 4.08. The smallest absolute Gasteiger partial charge is 0.247 e. The predicted octanol–water partition coefficient (Wildman–Crippen LogP) is 4.24. The number of piperazine rings is 1. The molecule has 0 aromatic heterocycles. The first-order chi connectivity index (χ1) is 17.8. The minimum absolute atomic E-state index is 0.0710. The second-order valence-electron chi connectivity index (χ2n) is 9.08. The van der Waals surface area contributed by atoms with E-state index < -0.39 is 10.0 Å². The summed E-state index contributed by atoms with van der Waals surface area (Å²) in [5.74, 6) is 0.0481. The number of sulfonamides is 1. The highest BCUT2D eigenvalue weighted by molar-refractivity contribution is 7.89. The maximum Gasteiger partial charge on any atom is 0.247 e. The first-order valence-corrected chi connectivity index (χ1v) is 14.1. The van der Waals surface area contributed by atoms with Gasteiger partial charge in [-0.05, 0) is 54.8 Å². The van der Waals surface area contributed by atoms with Crippen molar-refractivity contribution in [1.82, 2.24) is 9.21 Å². The third kappa shape index (κ3) is 6.63. The number of hydrogen-bond acceptors (Lipinski definition) is 5. The number of halogens is 1. The second-order valence-corrected chi connectivity index (χ2v) is 11.4. The predicted molar refractivity (Wildman–Crippen MR) is 147 cm³/mol. The Bertz CT molecular complexity index is 1330. The van der Waals surface area contributed by atoms with Crippen LogP contribution in [0.3, 0.4) is 0 Å². The SMILES string of the molecule is COc1ccc(C)cc1S(=O)(=O)N(CCc1ccccc1)CC(=O)N1CCN(c2cccc(Cl)c2)CC1. The van der Waals surface area contributed by atoms with Crippen molar-refractivity contribution in [2.75, 3.05) is 51.3 Å². The van der Waals surface area contributed by atoms with E-state index in [2.05, 4.69) is 4.90 Å². The van der Waals surface area contributed by atoms with Crippen LogP contribution in [-0.4, -0.2) is 69.9 Å². The number of aryl methyl sites for hydroxylation is 1. The zero-order chi connectivity index (χ0) is 26.4. The Kier molecular flexibility index (Phi) is 8.74. The van der Waals surface area contributed by atoms with Crippen molar-refractivity contribution < 1.29 is 17.9 Å². The minimum atomic E-state index is -3.99. The Morgan fingerprint density at radius 2 is 1.70 bits per heavy atom. The van der Waals surface area contributed by atoms with Crippen LogP contribution in [0.1, 0.15) is 11.1 Å². The number of anilines is 1. The van der Waals surface area contributed by atoms with Crippen molar-refractivity contribution in [3.63, 3.8) is 0 Å². The fraction of sp³-hybridized carbons (Fsp3) is 0.321. The molecule has 1 saturated heterocycles. The summed E-state index contributed by atoms with van der Waals surface area (Å²) in [4.78, 5) is 17.3. The number of carbonyl (C=O) groups excluding carboxylic acids is 1. The Morgan fingerprint density at radius 3 is 2.38 bits per heavy atom. The summed E-state index contributed by atoms with van der Waals surface area (Å²) in [6.07, 6.45) is 0.490. The molecular weight excluding hydrogens is 510 g/mol. The van der Waals surface area contributed by atoms with Crippen LogP contribution in [0.4, 0.5) is 5.69 Å². The van der Waals surface area contributed by atoms with Crippen molar-refractivity contribution in [3.8, 4) is 5.75 Å². The maximum absolute atomic E-state index is 13.8. The molecule has 0 atom stereocenters. The van der Waals surface area contributed by atoms with Crippen molar-refractivity contribution in [2.24, 2.45) is 0 Å². The molecule has 7 nitrogen and oxygen atoms in total. The Hall–Kier alpha value is -3.07. The van der Waals surface area contributed by atoms with Crippen LogP contribution >= 0.6 is 11.6 Å². The van der Waals surface area contributed by atoms with Gasteiger partial charge >= 0.3 is 0 Å². The molecule has 1 aliphatic rings. The van der Waals surface area contributed by atoms with Gasteiger partial charge in [0.25, 0.3) is 0 Å². The van der Waals surface area contributed by atoms with E-state index in [0.717, 1.165) is 16.8 Å².